The summed E-state index contributed by atoms with van der Waals surface area (Å²) in [6.45, 7) is 22.2. The SMILES string of the molecule is CCCCCCCCCCCCOC(=O)c1ccc(Oc2cc(Nc3c(C)cccc3C)c3c4c(c(C)c(=O)n(C)c24)-c2ccccc2C3=O)cc1.Cc1c2c3c(c(Nc4ccccc4)cc(C)c3n(C)c1=O)C(=O)c1ccccc1-2.[C-]#[N+]c1c2c3c(c(O)cc(Oc4ccc(NS(=O)(=O)CCCCCCCCCCCCCCCC)cc4)c3[nH]c1=O)C(=O)c1ccccc1-2. The van der Waals surface area contributed by atoms with Crippen molar-refractivity contribution >= 4 is 100 Å². The van der Waals surface area contributed by atoms with Gasteiger partial charge < -0.3 is 44.1 Å². The maximum Gasteiger partial charge on any atom is 0.338 e. The average molecular weight is 1760 g/mol. The maximum absolute atomic E-state index is 14.3. The summed E-state index contributed by atoms with van der Waals surface area (Å²) in [6, 6.07) is 55.7. The Labute approximate surface area is 760 Å². The number of aryl methyl sites for hydroxylation is 5. The molecule has 16 rings (SSSR count). The minimum atomic E-state index is -3.52. The number of anilines is 5. The lowest BCUT2D eigenvalue weighted by Crippen LogP contribution is -2.25. The summed E-state index contributed by atoms with van der Waals surface area (Å²) >= 11 is 0. The van der Waals surface area contributed by atoms with Gasteiger partial charge in [0.25, 0.3) is 22.4 Å². The van der Waals surface area contributed by atoms with Crippen LogP contribution in [0.5, 0.6) is 28.7 Å². The molecule has 3 aliphatic carbocycles. The van der Waals surface area contributed by atoms with Gasteiger partial charge in [-0.1, -0.05) is 264 Å². The molecule has 0 atom stereocenters. The number of sulfonamides is 1. The molecule has 10 aromatic carbocycles. The van der Waals surface area contributed by atoms with Gasteiger partial charge in [-0.15, -0.1) is 0 Å². The van der Waals surface area contributed by atoms with Crippen LogP contribution in [-0.4, -0.2) is 63.3 Å². The van der Waals surface area contributed by atoms with Gasteiger partial charge in [0, 0.05) is 104 Å². The predicted octanol–water partition coefficient (Wildman–Crippen LogP) is 26.4. The molecule has 0 unspecified atom stereocenters. The van der Waals surface area contributed by atoms with Crippen molar-refractivity contribution in [3.63, 3.8) is 0 Å². The number of H-pyrrole nitrogens is 1. The van der Waals surface area contributed by atoms with E-state index in [4.69, 9.17) is 20.8 Å². The summed E-state index contributed by atoms with van der Waals surface area (Å²) in [5.41, 5.74) is 15.2. The Morgan fingerprint density at radius 2 is 0.862 bits per heavy atom. The maximum atomic E-state index is 14.3. The molecule has 3 heterocycles. The highest BCUT2D eigenvalue weighted by molar-refractivity contribution is 7.92. The van der Waals surface area contributed by atoms with E-state index in [9.17, 15) is 47.1 Å². The Balaban J connectivity index is 0.000000163. The molecule has 0 fully saturated rings. The number of esters is 1. The molecule has 0 amide bonds. The number of rotatable bonds is 37. The van der Waals surface area contributed by atoms with Gasteiger partial charge in [-0.25, -0.2) is 18.1 Å². The molecule has 130 heavy (non-hydrogen) atoms. The van der Waals surface area contributed by atoms with Crippen LogP contribution < -0.4 is 41.5 Å². The van der Waals surface area contributed by atoms with E-state index in [0.29, 0.717) is 97.1 Å². The van der Waals surface area contributed by atoms with E-state index in [1.165, 1.54) is 122 Å². The monoisotopic (exact) mass is 1760 g/mol. The second-order valence-electron chi connectivity index (χ2n) is 34.5. The van der Waals surface area contributed by atoms with Gasteiger partial charge in [0.15, 0.2) is 28.8 Å². The van der Waals surface area contributed by atoms with Crippen LogP contribution in [-0.2, 0) is 28.9 Å². The second-order valence-corrected chi connectivity index (χ2v) is 36.3. The van der Waals surface area contributed by atoms with Crippen LogP contribution >= 0.6 is 0 Å². The highest BCUT2D eigenvalue weighted by Crippen LogP contribution is 2.52. The number of hydrogen-bond acceptors (Lipinski definition) is 15. The van der Waals surface area contributed by atoms with Crippen LogP contribution in [0, 0.1) is 41.2 Å². The molecule has 0 aliphatic heterocycles. The first-order chi connectivity index (χ1) is 62.9. The number of hydrogen-bond donors (Lipinski definition) is 5. The van der Waals surface area contributed by atoms with Crippen LogP contribution in [0.25, 0.3) is 70.9 Å². The van der Waals surface area contributed by atoms with Crippen molar-refractivity contribution in [2.75, 3.05) is 27.7 Å². The number of ether oxygens (including phenoxy) is 3. The van der Waals surface area contributed by atoms with Gasteiger partial charge in [0.2, 0.25) is 10.0 Å². The Morgan fingerprint density at radius 1 is 0.431 bits per heavy atom. The summed E-state index contributed by atoms with van der Waals surface area (Å²) in [5, 5.41) is 19.7. The zero-order valence-electron chi connectivity index (χ0n) is 75.9. The molecule has 0 spiro atoms. The number of aromatic amines is 1. The Hall–Kier alpha value is -13.5. The number of nitrogens with zero attached hydrogens (tertiary/aromatic N) is 3. The highest BCUT2D eigenvalue weighted by Gasteiger charge is 2.37. The zero-order valence-corrected chi connectivity index (χ0v) is 76.7. The minimum absolute atomic E-state index is 0.0132. The van der Waals surface area contributed by atoms with Crippen molar-refractivity contribution in [2.45, 2.75) is 203 Å². The first-order valence-corrected chi connectivity index (χ1v) is 47.6. The van der Waals surface area contributed by atoms with E-state index in [2.05, 4.69) is 39.0 Å². The number of carbonyl (C=O) groups is 4. The fraction of sp³-hybridized carbons (Fsp3) is 0.321. The molecule has 21 heteroatoms. The van der Waals surface area contributed by atoms with Crippen molar-refractivity contribution in [3.8, 4) is 62.1 Å². The molecular formula is C109H115N7O13S. The Kier molecular flexibility index (Phi) is 30.1. The number of unbranched alkanes of at least 4 members (excludes halogenated alkanes) is 22. The van der Waals surface area contributed by atoms with Crippen LogP contribution in [0.2, 0.25) is 0 Å². The smallest absolute Gasteiger partial charge is 0.338 e. The zero-order chi connectivity index (χ0) is 91.9. The molecule has 20 nitrogen and oxygen atoms in total. The number of fused-ring (bicyclic) bond motifs is 6. The molecule has 0 saturated heterocycles. The third-order valence-electron chi connectivity index (χ3n) is 25.2. The third kappa shape index (κ3) is 20.2. The van der Waals surface area contributed by atoms with Crippen LogP contribution in [0.3, 0.4) is 0 Å². The second kappa shape index (κ2) is 42.2. The van der Waals surface area contributed by atoms with Crippen LogP contribution in [0.15, 0.2) is 202 Å². The fourth-order valence-corrected chi connectivity index (χ4v) is 19.7. The Bertz CT molecular complexity index is 6800. The number of para-hydroxylation sites is 2. The summed E-state index contributed by atoms with van der Waals surface area (Å²) in [4.78, 5) is 100. The van der Waals surface area contributed by atoms with Crippen molar-refractivity contribution < 1.29 is 46.9 Å². The Morgan fingerprint density at radius 3 is 1.37 bits per heavy atom. The largest absolute Gasteiger partial charge is 0.507 e. The number of phenols is 1. The quantitative estimate of drug-likeness (QED) is 0.0138. The number of aromatic nitrogens is 3. The van der Waals surface area contributed by atoms with E-state index in [-0.39, 0.29) is 79.2 Å². The molecule has 3 aromatic heterocycles. The van der Waals surface area contributed by atoms with Crippen molar-refractivity contribution in [1.82, 2.24) is 14.1 Å². The van der Waals surface area contributed by atoms with E-state index in [1.54, 1.807) is 96.0 Å². The van der Waals surface area contributed by atoms with Gasteiger partial charge in [0.1, 0.15) is 17.2 Å². The summed E-state index contributed by atoms with van der Waals surface area (Å²) in [5.74, 6) is 0.0537. The number of pyridine rings is 3. The normalized spacial score (nSPS) is 12.0. The van der Waals surface area contributed by atoms with E-state index in [0.717, 1.165) is 99.0 Å². The number of benzene rings is 10. The first kappa shape index (κ1) is 92.7. The van der Waals surface area contributed by atoms with E-state index in [1.807, 2.05) is 144 Å². The van der Waals surface area contributed by atoms with Gasteiger partial charge >= 0.3 is 5.97 Å². The fourth-order valence-electron chi connectivity index (χ4n) is 18.5. The molecule has 5 N–H and O–H groups in total. The number of carbonyl (C=O) groups excluding carboxylic acids is 4. The van der Waals surface area contributed by atoms with Gasteiger partial charge in [-0.2, -0.15) is 0 Å². The average Bonchev–Trinajstić information content (AvgIpc) is 0.709. The number of ketones is 3. The van der Waals surface area contributed by atoms with Gasteiger partial charge in [0.05, 0.1) is 69.1 Å². The van der Waals surface area contributed by atoms with Crippen LogP contribution in [0.1, 0.15) is 254 Å². The topological polar surface area (TPSA) is 268 Å². The molecule has 670 valence electrons. The van der Waals surface area contributed by atoms with Crippen LogP contribution in [0.4, 0.5) is 34.1 Å². The summed E-state index contributed by atoms with van der Waals surface area (Å²) < 4.78 is 49.5. The van der Waals surface area contributed by atoms with Crippen molar-refractivity contribution in [2.24, 2.45) is 14.1 Å². The first-order valence-electron chi connectivity index (χ1n) is 45.9. The summed E-state index contributed by atoms with van der Waals surface area (Å²) in [6.07, 6.45) is 29.0. The van der Waals surface area contributed by atoms with Crippen molar-refractivity contribution in [3.05, 3.63) is 297 Å². The lowest BCUT2D eigenvalue weighted by Gasteiger charge is -2.27. The standard InChI is InChI=1S/C45H50N2O5.C39H45N3O6S.C25H20N2O2/c1-6-7-8-9-10-11-12-13-14-17-27-51-45(50)32-23-25-33(26-24-32)52-37-28-36(46-41-29(2)19-18-20-30(41)3)39-40-38(31(4)44(49)47(5)42(37)40)34-21-15-16-22-35(34)43(39)48;1-3-4-5-6-7-8-9-10-11-12-13-14-15-18-25-49(46,47)42-27-21-23-28(24-22-27)48-32-26-31(43)34-35-33(37(40-2)39(45)41-36(32)35)29-19-16-17-20-30(29)38(34)44;1-14-13-19(26-16-9-5-4-6-10-16)21-22-20(15(2)25(29)27(3)23(14)22)17-11-7-8-12-18(17)24(21)28/h15-16,18-26,28,46H,6-14,17,27H2,1-5H3;16-17,19-24,26,42-43H,3-15,18,25H2,1H3,(H,41,45);4-13,26H,1-3H3. The number of aromatic hydroxyl groups is 1. The lowest BCUT2D eigenvalue weighted by atomic mass is 9.80. The highest BCUT2D eigenvalue weighted by atomic mass is 32.2. The lowest BCUT2D eigenvalue weighted by molar-refractivity contribution is 0.0497. The van der Waals surface area contributed by atoms with Crippen molar-refractivity contribution in [1.29, 1.82) is 0 Å². The molecule has 0 saturated carbocycles. The van der Waals surface area contributed by atoms with Gasteiger partial charge in [-0.05, 0) is 148 Å². The predicted molar refractivity (Wildman–Crippen MR) is 523 cm³/mol. The summed E-state index contributed by atoms with van der Waals surface area (Å²) in [7, 11) is -0.0349. The molecule has 0 radical (unpaired) electrons. The minimum Gasteiger partial charge on any atom is -0.507 e. The molecular weight excluding hydrogens is 1650 g/mol. The van der Waals surface area contributed by atoms with Gasteiger partial charge in [-0.3, -0.25) is 33.5 Å². The van der Waals surface area contributed by atoms with E-state index < -0.39 is 21.4 Å². The third-order valence-corrected chi connectivity index (χ3v) is 26.6. The number of phenolic OH excluding ortho intramolecular Hbond substituents is 1. The molecule has 3 aliphatic rings. The number of nitrogens with one attached hydrogen (secondary N) is 4. The molecule has 0 bridgehead atoms. The van der Waals surface area contributed by atoms with E-state index >= 15 is 0 Å². The molecule has 13 aromatic rings.